The standard InChI is InChI=1S/C8H11NOS/c1-10-6-11-8-5-3-2-4-7(8)9/h2-5H,6,9H2,1H3. The zero-order chi connectivity index (χ0) is 8.10. The van der Waals surface area contributed by atoms with E-state index < -0.39 is 0 Å². The molecule has 2 N–H and O–H groups in total. The number of anilines is 1. The lowest BCUT2D eigenvalue weighted by Crippen LogP contribution is -1.88. The van der Waals surface area contributed by atoms with Gasteiger partial charge in [0.05, 0.1) is 5.94 Å². The number of rotatable bonds is 3. The van der Waals surface area contributed by atoms with Gasteiger partial charge in [-0.3, -0.25) is 0 Å². The van der Waals surface area contributed by atoms with Crippen LogP contribution in [0.3, 0.4) is 0 Å². The van der Waals surface area contributed by atoms with Crippen LogP contribution >= 0.6 is 11.8 Å². The van der Waals surface area contributed by atoms with Gasteiger partial charge in [0, 0.05) is 17.7 Å². The predicted octanol–water partition coefficient (Wildman–Crippen LogP) is 1.96. The molecule has 0 spiro atoms. The monoisotopic (exact) mass is 169 g/mol. The fourth-order valence-electron chi connectivity index (χ4n) is 0.734. The van der Waals surface area contributed by atoms with E-state index in [-0.39, 0.29) is 0 Å². The van der Waals surface area contributed by atoms with Gasteiger partial charge in [-0.25, -0.2) is 0 Å². The SMILES string of the molecule is COCSc1ccccc1N. The van der Waals surface area contributed by atoms with E-state index in [1.54, 1.807) is 18.9 Å². The average Bonchev–Trinajstić information content (AvgIpc) is 2.03. The highest BCUT2D eigenvalue weighted by Gasteiger charge is 1.95. The molecule has 0 saturated heterocycles. The molecule has 60 valence electrons. The molecule has 1 aromatic carbocycles. The lowest BCUT2D eigenvalue weighted by atomic mass is 10.3. The zero-order valence-corrected chi connectivity index (χ0v) is 7.23. The second-order valence-electron chi connectivity index (χ2n) is 2.09. The summed E-state index contributed by atoms with van der Waals surface area (Å²) in [6, 6.07) is 7.76. The highest BCUT2D eigenvalue weighted by atomic mass is 32.2. The third kappa shape index (κ3) is 2.44. The number of ether oxygens (including phenoxy) is 1. The smallest absolute Gasteiger partial charge is 0.0963 e. The molecule has 0 aromatic heterocycles. The van der Waals surface area contributed by atoms with Crippen LogP contribution in [0, 0.1) is 0 Å². The van der Waals surface area contributed by atoms with E-state index in [2.05, 4.69) is 0 Å². The number of para-hydroxylation sites is 1. The number of nitrogens with two attached hydrogens (primary N) is 1. The van der Waals surface area contributed by atoms with Gasteiger partial charge < -0.3 is 10.5 Å². The van der Waals surface area contributed by atoms with Crippen LogP contribution in [0.2, 0.25) is 0 Å². The summed E-state index contributed by atoms with van der Waals surface area (Å²) in [4.78, 5) is 1.08. The van der Waals surface area contributed by atoms with E-state index in [0.29, 0.717) is 5.94 Å². The van der Waals surface area contributed by atoms with Crippen LogP contribution in [0.15, 0.2) is 29.2 Å². The Morgan fingerprint density at radius 3 is 2.82 bits per heavy atom. The second kappa shape index (κ2) is 4.26. The van der Waals surface area contributed by atoms with Gasteiger partial charge in [-0.15, -0.1) is 0 Å². The highest BCUT2D eigenvalue weighted by Crippen LogP contribution is 2.23. The first-order chi connectivity index (χ1) is 5.34. The minimum Gasteiger partial charge on any atom is -0.398 e. The first kappa shape index (κ1) is 8.43. The van der Waals surface area contributed by atoms with Crippen molar-refractivity contribution in [3.05, 3.63) is 24.3 Å². The highest BCUT2D eigenvalue weighted by molar-refractivity contribution is 7.99. The lowest BCUT2D eigenvalue weighted by Gasteiger charge is -2.02. The van der Waals surface area contributed by atoms with Gasteiger partial charge in [-0.2, -0.15) is 0 Å². The quantitative estimate of drug-likeness (QED) is 0.427. The molecule has 0 amide bonds. The Morgan fingerprint density at radius 1 is 1.45 bits per heavy atom. The minimum atomic E-state index is 0.647. The maximum absolute atomic E-state index is 5.68. The molecule has 0 radical (unpaired) electrons. The molecule has 0 atom stereocenters. The van der Waals surface area contributed by atoms with Crippen LogP contribution < -0.4 is 5.73 Å². The Balaban J connectivity index is 2.62. The van der Waals surface area contributed by atoms with Crippen molar-refractivity contribution in [1.82, 2.24) is 0 Å². The normalized spacial score (nSPS) is 9.91. The predicted molar refractivity (Wildman–Crippen MR) is 48.6 cm³/mol. The van der Waals surface area contributed by atoms with Gasteiger partial charge in [0.15, 0.2) is 0 Å². The fourth-order valence-corrected chi connectivity index (χ4v) is 1.39. The van der Waals surface area contributed by atoms with Crippen molar-refractivity contribution in [1.29, 1.82) is 0 Å². The molecule has 0 aliphatic carbocycles. The third-order valence-electron chi connectivity index (χ3n) is 1.25. The third-order valence-corrected chi connectivity index (χ3v) is 2.29. The topological polar surface area (TPSA) is 35.2 Å². The summed E-state index contributed by atoms with van der Waals surface area (Å²) in [5, 5.41) is 0. The van der Waals surface area contributed by atoms with Crippen molar-refractivity contribution in [2.24, 2.45) is 0 Å². The van der Waals surface area contributed by atoms with E-state index in [9.17, 15) is 0 Å². The largest absolute Gasteiger partial charge is 0.398 e. The number of benzene rings is 1. The van der Waals surface area contributed by atoms with E-state index >= 15 is 0 Å². The molecule has 1 rings (SSSR count). The Morgan fingerprint density at radius 2 is 2.18 bits per heavy atom. The maximum atomic E-state index is 5.68. The van der Waals surface area contributed by atoms with E-state index in [4.69, 9.17) is 10.5 Å². The lowest BCUT2D eigenvalue weighted by molar-refractivity contribution is 0.259. The summed E-state index contributed by atoms with van der Waals surface area (Å²) in [5.74, 6) is 0.647. The number of hydrogen-bond donors (Lipinski definition) is 1. The molecule has 2 nitrogen and oxygen atoms in total. The molecule has 0 unspecified atom stereocenters. The van der Waals surface area contributed by atoms with Crippen LogP contribution in [0.25, 0.3) is 0 Å². The summed E-state index contributed by atoms with van der Waals surface area (Å²) in [6.07, 6.45) is 0. The number of hydrogen-bond acceptors (Lipinski definition) is 3. The van der Waals surface area contributed by atoms with Crippen LogP contribution in [0.5, 0.6) is 0 Å². The summed E-state index contributed by atoms with van der Waals surface area (Å²) in [7, 11) is 1.67. The van der Waals surface area contributed by atoms with Gasteiger partial charge in [-0.1, -0.05) is 23.9 Å². The van der Waals surface area contributed by atoms with Crippen molar-refractivity contribution in [3.8, 4) is 0 Å². The summed E-state index contributed by atoms with van der Waals surface area (Å²) < 4.78 is 4.91. The van der Waals surface area contributed by atoms with Gasteiger partial charge in [0.2, 0.25) is 0 Å². The van der Waals surface area contributed by atoms with E-state index in [0.717, 1.165) is 10.6 Å². The molecule has 0 fully saturated rings. The summed E-state index contributed by atoms with van der Waals surface area (Å²) in [6.45, 7) is 0. The molecule has 0 saturated carbocycles. The second-order valence-corrected chi connectivity index (χ2v) is 3.05. The number of methoxy groups -OCH3 is 1. The molecule has 0 aliphatic heterocycles. The molecule has 11 heavy (non-hydrogen) atoms. The van der Waals surface area contributed by atoms with Crippen molar-refractivity contribution in [2.45, 2.75) is 4.90 Å². The molecule has 1 aromatic rings. The Bertz CT molecular complexity index is 227. The molecule has 0 bridgehead atoms. The minimum absolute atomic E-state index is 0.647. The molecule has 0 heterocycles. The molecular weight excluding hydrogens is 158 g/mol. The molecular formula is C8H11NOS. The summed E-state index contributed by atoms with van der Waals surface area (Å²) in [5.41, 5.74) is 6.50. The van der Waals surface area contributed by atoms with Crippen LogP contribution in [-0.2, 0) is 4.74 Å². The first-order valence-corrected chi connectivity index (χ1v) is 4.29. The molecule has 0 aliphatic rings. The number of thioether (sulfide) groups is 1. The van der Waals surface area contributed by atoms with E-state index in [1.807, 2.05) is 24.3 Å². The Labute approximate surface area is 70.7 Å². The van der Waals surface area contributed by atoms with Crippen molar-refractivity contribution in [3.63, 3.8) is 0 Å². The first-order valence-electron chi connectivity index (χ1n) is 3.31. The van der Waals surface area contributed by atoms with Gasteiger partial charge in [0.1, 0.15) is 0 Å². The van der Waals surface area contributed by atoms with E-state index in [1.165, 1.54) is 0 Å². The molecule has 3 heteroatoms. The van der Waals surface area contributed by atoms with Crippen molar-refractivity contribution < 1.29 is 4.74 Å². The Kier molecular flexibility index (Phi) is 3.26. The van der Waals surface area contributed by atoms with Gasteiger partial charge in [-0.05, 0) is 12.1 Å². The van der Waals surface area contributed by atoms with Crippen LogP contribution in [0.4, 0.5) is 5.69 Å². The summed E-state index contributed by atoms with van der Waals surface area (Å²) >= 11 is 1.60. The van der Waals surface area contributed by atoms with Crippen molar-refractivity contribution >= 4 is 17.4 Å². The average molecular weight is 169 g/mol. The van der Waals surface area contributed by atoms with Crippen molar-refractivity contribution in [2.75, 3.05) is 18.8 Å². The zero-order valence-electron chi connectivity index (χ0n) is 6.41. The van der Waals surface area contributed by atoms with Gasteiger partial charge >= 0.3 is 0 Å². The Hall–Kier alpha value is -0.670. The maximum Gasteiger partial charge on any atom is 0.0963 e. The number of nitrogen functional groups attached to an aromatic ring is 1. The van der Waals surface area contributed by atoms with Crippen LogP contribution in [0.1, 0.15) is 0 Å². The van der Waals surface area contributed by atoms with Crippen LogP contribution in [-0.4, -0.2) is 13.0 Å². The fraction of sp³-hybridized carbons (Fsp3) is 0.250. The van der Waals surface area contributed by atoms with Gasteiger partial charge in [0.25, 0.3) is 0 Å².